The highest BCUT2D eigenvalue weighted by atomic mass is 16.5. The monoisotopic (exact) mass is 284 g/mol. The lowest BCUT2D eigenvalue weighted by Gasteiger charge is -2.22. The zero-order valence-corrected chi connectivity index (χ0v) is 12.2. The maximum Gasteiger partial charge on any atom is 0.146 e. The predicted octanol–water partition coefficient (Wildman–Crippen LogP) is 3.93. The van der Waals surface area contributed by atoms with Gasteiger partial charge in [-0.25, -0.2) is 0 Å². The highest BCUT2D eigenvalue weighted by Gasteiger charge is 2.31. The summed E-state index contributed by atoms with van der Waals surface area (Å²) in [6.07, 6.45) is 4.61. The molecule has 0 amide bonds. The molecule has 1 aliphatic carbocycles. The Morgan fingerprint density at radius 1 is 1.29 bits per heavy atom. The summed E-state index contributed by atoms with van der Waals surface area (Å²) in [5.74, 6) is 1.14. The normalized spacial score (nSPS) is 19.7. The predicted molar refractivity (Wildman–Crippen MR) is 80.9 cm³/mol. The van der Waals surface area contributed by atoms with Crippen LogP contribution in [-0.4, -0.2) is 16.1 Å². The van der Waals surface area contributed by atoms with Gasteiger partial charge in [-0.2, -0.15) is 0 Å². The molecule has 4 nitrogen and oxygen atoms in total. The van der Waals surface area contributed by atoms with E-state index in [1.165, 1.54) is 5.56 Å². The van der Waals surface area contributed by atoms with E-state index in [1.807, 2.05) is 18.2 Å². The SMILES string of the molecule is CCCCc1noc2c1/C(=N/O)C[C@H](c1ccccc1)C2. The number of rotatable bonds is 4. The van der Waals surface area contributed by atoms with E-state index >= 15 is 0 Å². The van der Waals surface area contributed by atoms with Gasteiger partial charge in [-0.1, -0.05) is 54.0 Å². The zero-order valence-electron chi connectivity index (χ0n) is 12.2. The van der Waals surface area contributed by atoms with Crippen molar-refractivity contribution in [3.63, 3.8) is 0 Å². The smallest absolute Gasteiger partial charge is 0.146 e. The van der Waals surface area contributed by atoms with Crippen LogP contribution in [-0.2, 0) is 12.8 Å². The molecule has 0 unspecified atom stereocenters. The summed E-state index contributed by atoms with van der Waals surface area (Å²) in [4.78, 5) is 0. The highest BCUT2D eigenvalue weighted by Crippen LogP contribution is 2.34. The van der Waals surface area contributed by atoms with E-state index < -0.39 is 0 Å². The number of nitrogens with zero attached hydrogens (tertiary/aromatic N) is 2. The van der Waals surface area contributed by atoms with Crippen molar-refractivity contribution in [2.75, 3.05) is 0 Å². The number of fused-ring (bicyclic) bond motifs is 1. The first kappa shape index (κ1) is 13.9. The number of aryl methyl sites for hydroxylation is 1. The van der Waals surface area contributed by atoms with Crippen LogP contribution >= 0.6 is 0 Å². The Morgan fingerprint density at radius 2 is 2.10 bits per heavy atom. The van der Waals surface area contributed by atoms with E-state index in [-0.39, 0.29) is 5.92 Å². The van der Waals surface area contributed by atoms with Crippen LogP contribution in [0.3, 0.4) is 0 Å². The number of benzene rings is 1. The van der Waals surface area contributed by atoms with Gasteiger partial charge in [0.2, 0.25) is 0 Å². The van der Waals surface area contributed by atoms with Crippen molar-refractivity contribution >= 4 is 5.71 Å². The molecule has 0 aliphatic heterocycles. The van der Waals surface area contributed by atoms with Crippen LogP contribution in [0, 0.1) is 0 Å². The van der Waals surface area contributed by atoms with Crippen LogP contribution in [0.5, 0.6) is 0 Å². The summed E-state index contributed by atoms with van der Waals surface area (Å²) in [7, 11) is 0. The topological polar surface area (TPSA) is 58.6 Å². The van der Waals surface area contributed by atoms with Crippen molar-refractivity contribution in [1.82, 2.24) is 5.16 Å². The van der Waals surface area contributed by atoms with E-state index in [9.17, 15) is 5.21 Å². The van der Waals surface area contributed by atoms with Crippen molar-refractivity contribution in [2.45, 2.75) is 44.9 Å². The molecular formula is C17H20N2O2. The number of oxime groups is 1. The highest BCUT2D eigenvalue weighted by molar-refractivity contribution is 6.03. The summed E-state index contributed by atoms with van der Waals surface area (Å²) in [5.41, 5.74) is 3.83. The Balaban J connectivity index is 1.91. The van der Waals surface area contributed by atoms with Gasteiger partial charge in [0, 0.05) is 12.8 Å². The van der Waals surface area contributed by atoms with E-state index in [1.54, 1.807) is 0 Å². The fourth-order valence-corrected chi connectivity index (χ4v) is 3.03. The second kappa shape index (κ2) is 6.12. The molecule has 1 aliphatic rings. The molecule has 0 radical (unpaired) electrons. The molecule has 2 aromatic rings. The molecule has 1 atom stereocenters. The van der Waals surface area contributed by atoms with Crippen LogP contribution < -0.4 is 0 Å². The van der Waals surface area contributed by atoms with Crippen LogP contribution in [0.2, 0.25) is 0 Å². The number of aromatic nitrogens is 1. The molecule has 1 N–H and O–H groups in total. The number of unbranched alkanes of at least 4 members (excludes halogenated alkanes) is 1. The second-order valence-corrected chi connectivity index (χ2v) is 5.59. The standard InChI is InChI=1S/C17H20N2O2/c1-2-3-9-14-17-15(18-20)10-13(11-16(17)21-19-14)12-7-5-4-6-8-12/h4-8,13,20H,2-3,9-11H2,1H3/b18-15+/t13-/m0/s1. The average Bonchev–Trinajstić information content (AvgIpc) is 2.96. The Bertz CT molecular complexity index is 631. The molecule has 0 saturated carbocycles. The first-order valence-corrected chi connectivity index (χ1v) is 7.57. The van der Waals surface area contributed by atoms with E-state index in [0.717, 1.165) is 49.1 Å². The number of hydrogen-bond acceptors (Lipinski definition) is 4. The molecule has 3 rings (SSSR count). The third-order valence-corrected chi connectivity index (χ3v) is 4.15. The van der Waals surface area contributed by atoms with Crippen LogP contribution in [0.4, 0.5) is 0 Å². The van der Waals surface area contributed by atoms with Gasteiger partial charge in [-0.05, 0) is 24.3 Å². The van der Waals surface area contributed by atoms with E-state index in [0.29, 0.717) is 5.71 Å². The summed E-state index contributed by atoms with van der Waals surface area (Å²) in [5, 5.41) is 17.1. The van der Waals surface area contributed by atoms with Gasteiger partial charge >= 0.3 is 0 Å². The molecule has 1 aromatic heterocycles. The lowest BCUT2D eigenvalue weighted by molar-refractivity contribution is 0.315. The number of hydrogen-bond donors (Lipinski definition) is 1. The van der Waals surface area contributed by atoms with Gasteiger partial charge in [-0.3, -0.25) is 0 Å². The Labute approximate surface area is 124 Å². The third-order valence-electron chi connectivity index (χ3n) is 4.15. The van der Waals surface area contributed by atoms with Gasteiger partial charge in [0.1, 0.15) is 5.76 Å². The molecular weight excluding hydrogens is 264 g/mol. The van der Waals surface area contributed by atoms with Gasteiger partial charge in [0.05, 0.1) is 17.0 Å². The van der Waals surface area contributed by atoms with Crippen LogP contribution in [0.15, 0.2) is 40.0 Å². The van der Waals surface area contributed by atoms with E-state index in [4.69, 9.17) is 4.52 Å². The molecule has 1 aromatic carbocycles. The van der Waals surface area contributed by atoms with E-state index in [2.05, 4.69) is 29.4 Å². The van der Waals surface area contributed by atoms with Gasteiger partial charge < -0.3 is 9.73 Å². The summed E-state index contributed by atoms with van der Waals surface area (Å²) >= 11 is 0. The van der Waals surface area contributed by atoms with Crippen LogP contribution in [0.1, 0.15) is 54.7 Å². The van der Waals surface area contributed by atoms with Crippen molar-refractivity contribution in [3.8, 4) is 0 Å². The molecule has 4 heteroatoms. The fourth-order valence-electron chi connectivity index (χ4n) is 3.03. The zero-order chi connectivity index (χ0) is 14.7. The lowest BCUT2D eigenvalue weighted by atomic mass is 9.81. The van der Waals surface area contributed by atoms with Crippen LogP contribution in [0.25, 0.3) is 0 Å². The molecule has 0 fully saturated rings. The minimum absolute atomic E-state index is 0.288. The largest absolute Gasteiger partial charge is 0.411 e. The average molecular weight is 284 g/mol. The quantitative estimate of drug-likeness (QED) is 0.683. The van der Waals surface area contributed by atoms with Crippen molar-refractivity contribution in [1.29, 1.82) is 0 Å². The fraction of sp³-hybridized carbons (Fsp3) is 0.412. The Kier molecular flexibility index (Phi) is 4.04. The first-order chi connectivity index (χ1) is 10.3. The minimum Gasteiger partial charge on any atom is -0.411 e. The van der Waals surface area contributed by atoms with Gasteiger partial charge in [-0.15, -0.1) is 0 Å². The maximum atomic E-state index is 9.39. The van der Waals surface area contributed by atoms with Crippen molar-refractivity contribution in [2.24, 2.45) is 5.16 Å². The van der Waals surface area contributed by atoms with Gasteiger partial charge in [0.15, 0.2) is 0 Å². The minimum atomic E-state index is 0.288. The summed E-state index contributed by atoms with van der Waals surface area (Å²) in [6, 6.07) is 10.3. The second-order valence-electron chi connectivity index (χ2n) is 5.59. The Hall–Kier alpha value is -2.10. The lowest BCUT2D eigenvalue weighted by Crippen LogP contribution is -2.19. The molecule has 0 saturated heterocycles. The van der Waals surface area contributed by atoms with Crippen molar-refractivity contribution < 1.29 is 9.73 Å². The third kappa shape index (κ3) is 2.71. The van der Waals surface area contributed by atoms with Crippen molar-refractivity contribution in [3.05, 3.63) is 52.9 Å². The molecule has 0 spiro atoms. The summed E-state index contributed by atoms with van der Waals surface area (Å²) < 4.78 is 5.53. The maximum absolute atomic E-state index is 9.39. The first-order valence-electron chi connectivity index (χ1n) is 7.57. The molecule has 21 heavy (non-hydrogen) atoms. The molecule has 1 heterocycles. The summed E-state index contributed by atoms with van der Waals surface area (Å²) in [6.45, 7) is 2.15. The Morgan fingerprint density at radius 3 is 2.81 bits per heavy atom. The van der Waals surface area contributed by atoms with Gasteiger partial charge in [0.25, 0.3) is 0 Å². The molecule has 110 valence electrons. The molecule has 0 bridgehead atoms.